The van der Waals surface area contributed by atoms with Crippen LogP contribution in [0.1, 0.15) is 21.6 Å². The van der Waals surface area contributed by atoms with E-state index in [9.17, 15) is 4.79 Å². The SMILES string of the molecule is COc1ccccc1CCNC(=O)c1cc(NCc2ccc(Cl)cc2)ncn1. The van der Waals surface area contributed by atoms with Gasteiger partial charge in [-0.15, -0.1) is 0 Å². The number of anilines is 1. The number of methoxy groups -OCH3 is 1. The van der Waals surface area contributed by atoms with Gasteiger partial charge in [-0.25, -0.2) is 9.97 Å². The van der Waals surface area contributed by atoms with E-state index in [0.29, 0.717) is 36.0 Å². The van der Waals surface area contributed by atoms with Crippen molar-refractivity contribution in [1.82, 2.24) is 15.3 Å². The Morgan fingerprint density at radius 1 is 1.11 bits per heavy atom. The molecule has 144 valence electrons. The number of carbonyl (C=O) groups is 1. The summed E-state index contributed by atoms with van der Waals surface area (Å²) in [5.74, 6) is 1.15. The Morgan fingerprint density at radius 3 is 2.68 bits per heavy atom. The zero-order valence-electron chi connectivity index (χ0n) is 15.5. The Kier molecular flexibility index (Phi) is 6.81. The lowest BCUT2D eigenvalue weighted by molar-refractivity contribution is 0.0949. The summed E-state index contributed by atoms with van der Waals surface area (Å²) in [7, 11) is 1.64. The molecule has 0 aliphatic heterocycles. The van der Waals surface area contributed by atoms with E-state index >= 15 is 0 Å². The number of nitrogens with one attached hydrogen (secondary N) is 2. The molecule has 3 rings (SSSR count). The molecule has 1 aromatic heterocycles. The van der Waals surface area contributed by atoms with Crippen LogP contribution in [0.4, 0.5) is 5.82 Å². The third-order valence-electron chi connectivity index (χ3n) is 4.16. The molecule has 3 aromatic rings. The molecule has 0 bridgehead atoms. The molecule has 1 amide bonds. The maximum Gasteiger partial charge on any atom is 0.270 e. The monoisotopic (exact) mass is 396 g/mol. The van der Waals surface area contributed by atoms with Crippen LogP contribution in [0.2, 0.25) is 5.02 Å². The minimum absolute atomic E-state index is 0.244. The van der Waals surface area contributed by atoms with Crippen molar-refractivity contribution in [2.24, 2.45) is 0 Å². The Morgan fingerprint density at radius 2 is 1.89 bits per heavy atom. The first-order chi connectivity index (χ1) is 13.7. The summed E-state index contributed by atoms with van der Waals surface area (Å²) >= 11 is 5.89. The third kappa shape index (κ3) is 5.44. The third-order valence-corrected chi connectivity index (χ3v) is 4.41. The van der Waals surface area contributed by atoms with E-state index in [4.69, 9.17) is 16.3 Å². The number of amides is 1. The minimum atomic E-state index is -0.244. The zero-order valence-corrected chi connectivity index (χ0v) is 16.2. The Hall–Kier alpha value is -3.12. The van der Waals surface area contributed by atoms with E-state index < -0.39 is 0 Å². The molecule has 0 radical (unpaired) electrons. The summed E-state index contributed by atoms with van der Waals surface area (Å²) in [4.78, 5) is 20.6. The molecule has 0 saturated carbocycles. The van der Waals surface area contributed by atoms with Crippen molar-refractivity contribution in [3.05, 3.63) is 82.8 Å². The van der Waals surface area contributed by atoms with Crippen LogP contribution in [-0.2, 0) is 13.0 Å². The van der Waals surface area contributed by atoms with Crippen molar-refractivity contribution in [3.63, 3.8) is 0 Å². The number of para-hydroxylation sites is 1. The maximum absolute atomic E-state index is 12.4. The predicted molar refractivity (Wildman–Crippen MR) is 110 cm³/mol. The van der Waals surface area contributed by atoms with Crippen LogP contribution in [0.5, 0.6) is 5.75 Å². The summed E-state index contributed by atoms with van der Waals surface area (Å²) in [5, 5.41) is 6.75. The van der Waals surface area contributed by atoms with Crippen LogP contribution >= 0.6 is 11.6 Å². The molecule has 0 saturated heterocycles. The van der Waals surface area contributed by atoms with Crippen molar-refractivity contribution in [1.29, 1.82) is 0 Å². The molecule has 0 aliphatic carbocycles. The largest absolute Gasteiger partial charge is 0.496 e. The van der Waals surface area contributed by atoms with Gasteiger partial charge in [0.15, 0.2) is 0 Å². The number of hydrogen-bond donors (Lipinski definition) is 2. The van der Waals surface area contributed by atoms with Gasteiger partial charge in [0.2, 0.25) is 0 Å². The average Bonchev–Trinajstić information content (AvgIpc) is 2.74. The second kappa shape index (κ2) is 9.71. The highest BCUT2D eigenvalue weighted by Crippen LogP contribution is 2.17. The molecular weight excluding hydrogens is 376 g/mol. The zero-order chi connectivity index (χ0) is 19.8. The lowest BCUT2D eigenvalue weighted by Crippen LogP contribution is -2.26. The topological polar surface area (TPSA) is 76.1 Å². The minimum Gasteiger partial charge on any atom is -0.496 e. The maximum atomic E-state index is 12.4. The average molecular weight is 397 g/mol. The van der Waals surface area contributed by atoms with Crippen LogP contribution in [-0.4, -0.2) is 29.5 Å². The van der Waals surface area contributed by atoms with Gasteiger partial charge in [0.05, 0.1) is 7.11 Å². The van der Waals surface area contributed by atoms with Gasteiger partial charge in [0.25, 0.3) is 5.91 Å². The second-order valence-electron chi connectivity index (χ2n) is 6.09. The van der Waals surface area contributed by atoms with Crippen LogP contribution in [0.3, 0.4) is 0 Å². The van der Waals surface area contributed by atoms with Crippen LogP contribution in [0.15, 0.2) is 60.9 Å². The smallest absolute Gasteiger partial charge is 0.270 e. The molecule has 0 fully saturated rings. The normalized spacial score (nSPS) is 10.4. The fourth-order valence-electron chi connectivity index (χ4n) is 2.68. The van der Waals surface area contributed by atoms with E-state index in [1.807, 2.05) is 48.5 Å². The molecule has 7 heteroatoms. The highest BCUT2D eigenvalue weighted by atomic mass is 35.5. The number of rotatable bonds is 8. The lowest BCUT2D eigenvalue weighted by Gasteiger charge is -2.10. The van der Waals surface area contributed by atoms with Crippen molar-refractivity contribution in [3.8, 4) is 5.75 Å². The quantitative estimate of drug-likeness (QED) is 0.606. The Balaban J connectivity index is 1.54. The van der Waals surface area contributed by atoms with E-state index in [1.165, 1.54) is 6.33 Å². The molecule has 6 nitrogen and oxygen atoms in total. The first kappa shape index (κ1) is 19.6. The van der Waals surface area contributed by atoms with Gasteiger partial charge in [0, 0.05) is 24.2 Å². The summed E-state index contributed by atoms with van der Waals surface area (Å²) in [6.45, 7) is 1.06. The molecular formula is C21H21ClN4O2. The van der Waals surface area contributed by atoms with E-state index in [-0.39, 0.29) is 5.91 Å². The second-order valence-corrected chi connectivity index (χ2v) is 6.52. The molecule has 0 atom stereocenters. The van der Waals surface area contributed by atoms with E-state index in [1.54, 1.807) is 13.2 Å². The summed E-state index contributed by atoms with van der Waals surface area (Å²) in [5.41, 5.74) is 2.41. The molecule has 0 spiro atoms. The lowest BCUT2D eigenvalue weighted by atomic mass is 10.1. The van der Waals surface area contributed by atoms with Crippen molar-refractivity contribution >= 4 is 23.3 Å². The number of carbonyl (C=O) groups excluding carboxylic acids is 1. The van der Waals surface area contributed by atoms with Gasteiger partial charge in [-0.1, -0.05) is 41.9 Å². The van der Waals surface area contributed by atoms with Gasteiger partial charge >= 0.3 is 0 Å². The van der Waals surface area contributed by atoms with Crippen molar-refractivity contribution < 1.29 is 9.53 Å². The highest BCUT2D eigenvalue weighted by Gasteiger charge is 2.09. The molecule has 1 heterocycles. The summed E-state index contributed by atoms with van der Waals surface area (Å²) < 4.78 is 5.32. The molecule has 0 unspecified atom stereocenters. The molecule has 0 aliphatic rings. The van der Waals surface area contributed by atoms with Gasteiger partial charge in [-0.3, -0.25) is 4.79 Å². The summed E-state index contributed by atoms with van der Waals surface area (Å²) in [6, 6.07) is 16.9. The van der Waals surface area contributed by atoms with Gasteiger partial charge in [-0.2, -0.15) is 0 Å². The van der Waals surface area contributed by atoms with E-state index in [0.717, 1.165) is 16.9 Å². The van der Waals surface area contributed by atoms with Crippen LogP contribution in [0.25, 0.3) is 0 Å². The number of benzene rings is 2. The van der Waals surface area contributed by atoms with E-state index in [2.05, 4.69) is 20.6 Å². The fraction of sp³-hybridized carbons (Fsp3) is 0.190. The number of nitrogens with zero attached hydrogens (tertiary/aromatic N) is 2. The van der Waals surface area contributed by atoms with Crippen molar-refractivity contribution in [2.75, 3.05) is 19.0 Å². The van der Waals surface area contributed by atoms with Gasteiger partial charge in [0.1, 0.15) is 23.6 Å². The number of aromatic nitrogens is 2. The van der Waals surface area contributed by atoms with Crippen molar-refractivity contribution in [2.45, 2.75) is 13.0 Å². The molecule has 2 aromatic carbocycles. The number of halogens is 1. The Bertz CT molecular complexity index is 932. The van der Waals surface area contributed by atoms with Gasteiger partial charge in [-0.05, 0) is 35.7 Å². The molecule has 28 heavy (non-hydrogen) atoms. The molecule has 2 N–H and O–H groups in total. The first-order valence-electron chi connectivity index (χ1n) is 8.86. The Labute approximate surface area is 168 Å². The predicted octanol–water partition coefficient (Wildman–Crippen LogP) is 3.72. The highest BCUT2D eigenvalue weighted by molar-refractivity contribution is 6.30. The number of ether oxygens (including phenoxy) is 1. The van der Waals surface area contributed by atoms with Crippen LogP contribution in [0, 0.1) is 0 Å². The first-order valence-corrected chi connectivity index (χ1v) is 9.24. The standard InChI is InChI=1S/C21H21ClN4O2/c1-28-19-5-3-2-4-16(19)10-11-23-21(27)18-12-20(26-14-25-18)24-13-15-6-8-17(22)9-7-15/h2-9,12,14H,10-11,13H2,1H3,(H,23,27)(H,24,25,26). The fourth-order valence-corrected chi connectivity index (χ4v) is 2.81. The number of hydrogen-bond acceptors (Lipinski definition) is 5. The van der Waals surface area contributed by atoms with Crippen LogP contribution < -0.4 is 15.4 Å². The summed E-state index contributed by atoms with van der Waals surface area (Å²) in [6.07, 6.45) is 2.04. The van der Waals surface area contributed by atoms with Gasteiger partial charge < -0.3 is 15.4 Å².